The molecule has 5 nitrogen and oxygen atoms in total. The highest BCUT2D eigenvalue weighted by Crippen LogP contribution is 2.31. The Morgan fingerprint density at radius 1 is 1.29 bits per heavy atom. The van der Waals surface area contributed by atoms with Gasteiger partial charge in [-0.2, -0.15) is 0 Å². The zero-order valence-electron chi connectivity index (χ0n) is 11.3. The van der Waals surface area contributed by atoms with E-state index in [4.69, 9.17) is 0 Å². The minimum absolute atomic E-state index is 0.0152. The summed E-state index contributed by atoms with van der Waals surface area (Å²) in [5.41, 5.74) is -1.66. The average Bonchev–Trinajstić information content (AvgIpc) is 2.38. The third-order valence-corrected chi connectivity index (χ3v) is 3.98. The maximum absolute atomic E-state index is 13.9. The van der Waals surface area contributed by atoms with Gasteiger partial charge in [-0.1, -0.05) is 24.6 Å². The number of nitrogens with zero attached hydrogens (tertiary/aromatic N) is 1. The largest absolute Gasteiger partial charge is 0.494 e. The molecular weight excluding hydrogens is 275 g/mol. The van der Waals surface area contributed by atoms with Gasteiger partial charge >= 0.3 is 5.69 Å². The van der Waals surface area contributed by atoms with Gasteiger partial charge in [-0.3, -0.25) is 14.3 Å². The second-order valence-electron chi connectivity index (χ2n) is 5.35. The summed E-state index contributed by atoms with van der Waals surface area (Å²) in [6, 6.07) is 5.67. The Balaban J connectivity index is 2.16. The molecule has 1 saturated carbocycles. The van der Waals surface area contributed by atoms with Crippen molar-refractivity contribution in [1.82, 2.24) is 9.55 Å². The molecule has 2 N–H and O–H groups in total. The Hall–Kier alpha value is -2.37. The number of hydrogen-bond donors (Lipinski definition) is 2. The van der Waals surface area contributed by atoms with Crippen molar-refractivity contribution in [2.75, 3.05) is 0 Å². The third-order valence-electron chi connectivity index (χ3n) is 3.98. The van der Waals surface area contributed by atoms with E-state index in [0.29, 0.717) is 12.5 Å². The second-order valence-corrected chi connectivity index (χ2v) is 5.35. The summed E-state index contributed by atoms with van der Waals surface area (Å²) in [7, 11) is 0. The summed E-state index contributed by atoms with van der Waals surface area (Å²) in [5.74, 6) is -0.777. The molecule has 0 atom stereocenters. The van der Waals surface area contributed by atoms with E-state index in [1.165, 1.54) is 18.2 Å². The van der Waals surface area contributed by atoms with Crippen LogP contribution >= 0.6 is 0 Å². The number of hydrogen-bond acceptors (Lipinski definition) is 3. The van der Waals surface area contributed by atoms with Crippen LogP contribution in [0, 0.1) is 11.7 Å². The summed E-state index contributed by atoms with van der Waals surface area (Å²) < 4.78 is 15.0. The van der Waals surface area contributed by atoms with Crippen LogP contribution in [0.5, 0.6) is 5.88 Å². The van der Waals surface area contributed by atoms with Crippen molar-refractivity contribution < 1.29 is 9.50 Å². The molecular formula is C15H15FN2O3. The molecule has 1 aliphatic carbocycles. The number of aromatic nitrogens is 2. The van der Waals surface area contributed by atoms with Crippen LogP contribution in [0.15, 0.2) is 33.9 Å². The van der Waals surface area contributed by atoms with Gasteiger partial charge in [0.15, 0.2) is 0 Å². The van der Waals surface area contributed by atoms with Crippen molar-refractivity contribution in [3.63, 3.8) is 0 Å². The molecule has 2 aromatic rings. The van der Waals surface area contributed by atoms with E-state index in [-0.39, 0.29) is 11.1 Å². The highest BCUT2D eigenvalue weighted by molar-refractivity contribution is 5.67. The van der Waals surface area contributed by atoms with Gasteiger partial charge in [-0.25, -0.2) is 9.18 Å². The zero-order chi connectivity index (χ0) is 15.0. The molecule has 21 heavy (non-hydrogen) atoms. The van der Waals surface area contributed by atoms with Crippen LogP contribution in [0.2, 0.25) is 0 Å². The number of rotatable bonds is 3. The first-order chi connectivity index (χ1) is 10.1. The van der Waals surface area contributed by atoms with E-state index >= 15 is 0 Å². The fraction of sp³-hybridized carbons (Fsp3) is 0.333. The van der Waals surface area contributed by atoms with E-state index < -0.39 is 22.9 Å². The maximum atomic E-state index is 13.9. The van der Waals surface area contributed by atoms with Crippen LogP contribution in [0.25, 0.3) is 11.1 Å². The summed E-state index contributed by atoms with van der Waals surface area (Å²) >= 11 is 0. The Morgan fingerprint density at radius 2 is 2.00 bits per heavy atom. The molecule has 0 amide bonds. The lowest BCUT2D eigenvalue weighted by Crippen LogP contribution is -2.34. The first kappa shape index (κ1) is 13.6. The predicted molar refractivity (Wildman–Crippen MR) is 75.7 cm³/mol. The monoisotopic (exact) mass is 290 g/mol. The molecule has 0 saturated heterocycles. The topological polar surface area (TPSA) is 75.1 Å². The summed E-state index contributed by atoms with van der Waals surface area (Å²) in [6.07, 6.45) is 3.07. The normalized spacial score (nSPS) is 14.9. The van der Waals surface area contributed by atoms with E-state index in [0.717, 1.165) is 23.8 Å². The second kappa shape index (κ2) is 5.20. The lowest BCUT2D eigenvalue weighted by atomic mass is 9.85. The summed E-state index contributed by atoms with van der Waals surface area (Å²) in [6.45, 7) is 0.336. The standard InChI is InChI=1S/C15H15FN2O3/c16-11-7-2-1-6-10(11)12-13(19)17-15(21)18(14(12)20)8-9-4-3-5-9/h1-2,6-7,9,20H,3-5,8H2,(H,17,19,21). The fourth-order valence-corrected chi connectivity index (χ4v) is 2.57. The molecule has 1 aromatic heterocycles. The molecule has 0 unspecified atom stereocenters. The smallest absolute Gasteiger partial charge is 0.331 e. The van der Waals surface area contributed by atoms with Gasteiger partial charge in [-0.05, 0) is 24.8 Å². The molecule has 1 aromatic carbocycles. The van der Waals surface area contributed by atoms with Crippen molar-refractivity contribution in [2.24, 2.45) is 5.92 Å². The van der Waals surface area contributed by atoms with Gasteiger partial charge < -0.3 is 5.11 Å². The van der Waals surface area contributed by atoms with E-state index in [9.17, 15) is 19.1 Å². The Labute approximate surface area is 119 Å². The molecule has 6 heteroatoms. The highest BCUT2D eigenvalue weighted by Gasteiger charge is 2.23. The van der Waals surface area contributed by atoms with Gasteiger partial charge in [0.05, 0.1) is 0 Å². The molecule has 3 rings (SSSR count). The highest BCUT2D eigenvalue weighted by atomic mass is 19.1. The Morgan fingerprint density at radius 3 is 2.62 bits per heavy atom. The van der Waals surface area contributed by atoms with Crippen LogP contribution in [-0.4, -0.2) is 14.7 Å². The summed E-state index contributed by atoms with van der Waals surface area (Å²) in [5, 5.41) is 10.3. The quantitative estimate of drug-likeness (QED) is 0.906. The Bertz CT molecular complexity index is 790. The van der Waals surface area contributed by atoms with E-state index in [1.807, 2.05) is 0 Å². The van der Waals surface area contributed by atoms with Crippen molar-refractivity contribution in [2.45, 2.75) is 25.8 Å². The van der Waals surface area contributed by atoms with Gasteiger partial charge in [0.2, 0.25) is 5.88 Å². The third kappa shape index (κ3) is 2.37. The van der Waals surface area contributed by atoms with Gasteiger partial charge in [0.25, 0.3) is 5.56 Å². The number of aromatic hydroxyl groups is 1. The molecule has 0 spiro atoms. The lowest BCUT2D eigenvalue weighted by molar-refractivity contribution is 0.257. The molecule has 1 fully saturated rings. The minimum atomic E-state index is -0.785. The number of benzene rings is 1. The number of H-pyrrole nitrogens is 1. The molecule has 0 bridgehead atoms. The number of aromatic amines is 1. The first-order valence-electron chi connectivity index (χ1n) is 6.89. The Kier molecular flexibility index (Phi) is 3.37. The maximum Gasteiger partial charge on any atom is 0.331 e. The molecule has 110 valence electrons. The van der Waals surface area contributed by atoms with Crippen LogP contribution in [-0.2, 0) is 6.54 Å². The molecule has 1 heterocycles. The average molecular weight is 290 g/mol. The minimum Gasteiger partial charge on any atom is -0.494 e. The van der Waals surface area contributed by atoms with Crippen molar-refractivity contribution in [3.05, 3.63) is 50.9 Å². The SMILES string of the molecule is O=c1[nH]c(=O)n(CC2CCC2)c(O)c1-c1ccccc1F. The van der Waals surface area contributed by atoms with Gasteiger partial charge in [0.1, 0.15) is 11.4 Å². The number of halogens is 1. The summed E-state index contributed by atoms with van der Waals surface area (Å²) in [4.78, 5) is 26.0. The lowest BCUT2D eigenvalue weighted by Gasteiger charge is -2.26. The van der Waals surface area contributed by atoms with Crippen LogP contribution < -0.4 is 11.2 Å². The van der Waals surface area contributed by atoms with Crippen LogP contribution in [0.4, 0.5) is 4.39 Å². The fourth-order valence-electron chi connectivity index (χ4n) is 2.57. The van der Waals surface area contributed by atoms with E-state index in [1.54, 1.807) is 6.07 Å². The van der Waals surface area contributed by atoms with Crippen molar-refractivity contribution >= 4 is 0 Å². The molecule has 0 aliphatic heterocycles. The van der Waals surface area contributed by atoms with E-state index in [2.05, 4.69) is 4.98 Å². The first-order valence-corrected chi connectivity index (χ1v) is 6.89. The van der Waals surface area contributed by atoms with Crippen LogP contribution in [0.1, 0.15) is 19.3 Å². The van der Waals surface area contributed by atoms with Gasteiger partial charge in [0, 0.05) is 12.1 Å². The van der Waals surface area contributed by atoms with Crippen LogP contribution in [0.3, 0.4) is 0 Å². The van der Waals surface area contributed by atoms with Crippen molar-refractivity contribution in [3.8, 4) is 17.0 Å². The predicted octanol–water partition coefficient (Wildman–Crippen LogP) is 1.85. The number of nitrogens with one attached hydrogen (secondary N) is 1. The molecule has 1 aliphatic rings. The zero-order valence-corrected chi connectivity index (χ0v) is 11.3. The van der Waals surface area contributed by atoms with Crippen molar-refractivity contribution in [1.29, 1.82) is 0 Å². The van der Waals surface area contributed by atoms with Gasteiger partial charge in [-0.15, -0.1) is 0 Å². The molecule has 0 radical (unpaired) electrons.